The minimum atomic E-state index is -0.0584. The van der Waals surface area contributed by atoms with Gasteiger partial charge in [0.15, 0.2) is 6.04 Å². The number of aryl methyl sites for hydroxylation is 3. The molecule has 3 N–H and O–H groups in total. The molecule has 0 aliphatic carbocycles. The highest BCUT2D eigenvalue weighted by atomic mass is 35.5. The number of nitrogens with one attached hydrogen (secondary N) is 3. The third-order valence-corrected chi connectivity index (χ3v) is 6.32. The van der Waals surface area contributed by atoms with Gasteiger partial charge in [0.1, 0.15) is 45.1 Å². The van der Waals surface area contributed by atoms with E-state index in [-0.39, 0.29) is 11.9 Å². The van der Waals surface area contributed by atoms with Gasteiger partial charge in [-0.2, -0.15) is 0 Å². The number of carbonyl (C=O) groups excluding carboxylic acids is 1. The molecule has 1 aliphatic rings. The van der Waals surface area contributed by atoms with E-state index in [0.29, 0.717) is 6.61 Å². The van der Waals surface area contributed by atoms with E-state index in [0.717, 1.165) is 60.3 Å². The van der Waals surface area contributed by atoms with E-state index in [1.165, 1.54) is 15.4 Å². The topological polar surface area (TPSA) is 47.2 Å². The van der Waals surface area contributed by atoms with Gasteiger partial charge in [0.2, 0.25) is 0 Å². The first-order valence-electron chi connectivity index (χ1n) is 10.8. The summed E-state index contributed by atoms with van der Waals surface area (Å²) < 4.78 is 5.82. The van der Waals surface area contributed by atoms with Gasteiger partial charge in [-0.05, 0) is 63.1 Å². The van der Waals surface area contributed by atoms with Crippen LogP contribution in [-0.2, 0) is 4.79 Å². The van der Waals surface area contributed by atoms with Crippen LogP contribution in [0.25, 0.3) is 0 Å². The van der Waals surface area contributed by atoms with Gasteiger partial charge in [-0.25, -0.2) is 0 Å². The van der Waals surface area contributed by atoms with E-state index in [2.05, 4.69) is 38.2 Å². The van der Waals surface area contributed by atoms with Crippen molar-refractivity contribution >= 4 is 23.2 Å². The smallest absolute Gasteiger partial charge is 0.282 e. The first kappa shape index (κ1) is 22.6. The molecule has 1 fully saturated rings. The molecule has 30 heavy (non-hydrogen) atoms. The molecule has 162 valence electrons. The summed E-state index contributed by atoms with van der Waals surface area (Å²) >= 11 is 5.91. The molecule has 0 spiro atoms. The molecule has 1 atom stereocenters. The largest absolute Gasteiger partial charge is 0.488 e. The highest BCUT2D eigenvalue weighted by molar-refractivity contribution is 6.30. The van der Waals surface area contributed by atoms with Gasteiger partial charge in [-0.1, -0.05) is 29.3 Å². The molecule has 3 rings (SSSR count). The lowest BCUT2D eigenvalue weighted by Crippen LogP contribution is -3.30. The number of carbonyl (C=O) groups is 1. The number of hydrogen-bond donors (Lipinski definition) is 3. The number of quaternary nitrogens is 2. The zero-order valence-corrected chi connectivity index (χ0v) is 19.2. The minimum absolute atomic E-state index is 0.0584. The molecule has 0 bridgehead atoms. The van der Waals surface area contributed by atoms with E-state index in [9.17, 15) is 4.79 Å². The third-order valence-electron chi connectivity index (χ3n) is 6.07. The molecule has 2 aromatic rings. The fraction of sp³-hybridized carbons (Fsp3) is 0.458. The van der Waals surface area contributed by atoms with Crippen molar-refractivity contribution in [2.24, 2.45) is 0 Å². The van der Waals surface area contributed by atoms with Crippen molar-refractivity contribution in [3.8, 4) is 5.75 Å². The monoisotopic (exact) mass is 431 g/mol. The van der Waals surface area contributed by atoms with Crippen LogP contribution < -0.4 is 19.9 Å². The number of amides is 1. The summed E-state index contributed by atoms with van der Waals surface area (Å²) in [6.45, 7) is 14.0. The molecule has 2 aromatic carbocycles. The first-order chi connectivity index (χ1) is 14.3. The Kier molecular flexibility index (Phi) is 7.75. The van der Waals surface area contributed by atoms with E-state index in [4.69, 9.17) is 16.3 Å². The molecular weight excluding hydrogens is 398 g/mol. The van der Waals surface area contributed by atoms with Gasteiger partial charge in [0.05, 0.1) is 0 Å². The second kappa shape index (κ2) is 10.3. The van der Waals surface area contributed by atoms with Crippen LogP contribution in [0.1, 0.15) is 23.6 Å². The fourth-order valence-corrected chi connectivity index (χ4v) is 4.37. The first-order valence-corrected chi connectivity index (χ1v) is 11.2. The number of hydrogen-bond acceptors (Lipinski definition) is 2. The molecule has 1 heterocycles. The Bertz CT molecular complexity index is 838. The van der Waals surface area contributed by atoms with Crippen molar-refractivity contribution < 1.29 is 19.3 Å². The molecule has 5 nitrogen and oxygen atoms in total. The van der Waals surface area contributed by atoms with Crippen LogP contribution in [-0.4, -0.2) is 51.3 Å². The van der Waals surface area contributed by atoms with Crippen molar-refractivity contribution in [3.63, 3.8) is 0 Å². The summed E-state index contributed by atoms with van der Waals surface area (Å²) in [6.07, 6.45) is 0. The summed E-state index contributed by atoms with van der Waals surface area (Å²) in [4.78, 5) is 15.8. The number of rotatable bonds is 7. The SMILES string of the molecule is Cc1cc(C)c(NC(=O)[C@H](C)[NH+]2CC[NH+](CCOc3ccc(Cl)cc3)CC2)c(C)c1. The lowest BCUT2D eigenvalue weighted by Gasteiger charge is -2.32. The zero-order chi connectivity index (χ0) is 21.7. The van der Waals surface area contributed by atoms with Crippen LogP contribution in [0.5, 0.6) is 5.75 Å². The van der Waals surface area contributed by atoms with Crippen molar-refractivity contribution in [2.45, 2.75) is 33.7 Å². The molecule has 1 aliphatic heterocycles. The van der Waals surface area contributed by atoms with Gasteiger partial charge >= 0.3 is 0 Å². The Morgan fingerprint density at radius 2 is 1.67 bits per heavy atom. The van der Waals surface area contributed by atoms with E-state index in [1.807, 2.05) is 31.2 Å². The Hall–Kier alpha value is -2.08. The Morgan fingerprint density at radius 1 is 1.07 bits per heavy atom. The normalized spacial score (nSPS) is 19.9. The summed E-state index contributed by atoms with van der Waals surface area (Å²) in [5.74, 6) is 0.963. The molecule has 1 saturated heterocycles. The Balaban J connectivity index is 1.44. The quantitative estimate of drug-likeness (QED) is 0.621. The summed E-state index contributed by atoms with van der Waals surface area (Å²) in [6, 6.07) is 11.7. The standard InChI is InChI=1S/C24H32ClN3O2/c1-17-15-18(2)23(19(3)16-17)26-24(29)20(4)28-11-9-27(10-12-28)13-14-30-22-7-5-21(25)6-8-22/h5-8,15-16,20H,9-14H2,1-4H3,(H,26,29)/p+2/t20-/m0/s1. The predicted molar refractivity (Wildman–Crippen MR) is 122 cm³/mol. The number of piperazine rings is 1. The summed E-state index contributed by atoms with van der Waals surface area (Å²) in [5, 5.41) is 3.89. The van der Waals surface area contributed by atoms with E-state index in [1.54, 1.807) is 0 Å². The maximum absolute atomic E-state index is 12.9. The minimum Gasteiger partial charge on any atom is -0.488 e. The predicted octanol–water partition coefficient (Wildman–Crippen LogP) is 1.45. The highest BCUT2D eigenvalue weighted by Crippen LogP contribution is 2.21. The number of benzene rings is 2. The van der Waals surface area contributed by atoms with Crippen LogP contribution in [0.2, 0.25) is 5.02 Å². The molecule has 6 heteroatoms. The van der Waals surface area contributed by atoms with Crippen molar-refractivity contribution in [1.29, 1.82) is 0 Å². The number of halogens is 1. The van der Waals surface area contributed by atoms with E-state index >= 15 is 0 Å². The molecule has 0 unspecified atom stereocenters. The van der Waals surface area contributed by atoms with Crippen molar-refractivity contribution in [1.82, 2.24) is 0 Å². The lowest BCUT2D eigenvalue weighted by atomic mass is 10.0. The van der Waals surface area contributed by atoms with Crippen LogP contribution in [0.15, 0.2) is 36.4 Å². The Morgan fingerprint density at radius 3 is 2.27 bits per heavy atom. The van der Waals surface area contributed by atoms with Gasteiger partial charge in [-0.15, -0.1) is 0 Å². The number of anilines is 1. The van der Waals surface area contributed by atoms with Crippen LogP contribution in [0.4, 0.5) is 5.69 Å². The maximum Gasteiger partial charge on any atom is 0.282 e. The second-order valence-electron chi connectivity index (χ2n) is 8.45. The van der Waals surface area contributed by atoms with Gasteiger partial charge in [0.25, 0.3) is 5.91 Å². The van der Waals surface area contributed by atoms with Crippen LogP contribution in [0.3, 0.4) is 0 Å². The average Bonchev–Trinajstić information content (AvgIpc) is 2.72. The molecule has 0 radical (unpaired) electrons. The molecule has 0 aromatic heterocycles. The van der Waals surface area contributed by atoms with Crippen molar-refractivity contribution in [2.75, 3.05) is 44.6 Å². The Labute approximate surface area is 185 Å². The highest BCUT2D eigenvalue weighted by Gasteiger charge is 2.31. The number of ether oxygens (including phenoxy) is 1. The fourth-order valence-electron chi connectivity index (χ4n) is 4.25. The van der Waals surface area contributed by atoms with Gasteiger partial charge in [0, 0.05) is 10.7 Å². The lowest BCUT2D eigenvalue weighted by molar-refractivity contribution is -1.02. The molecule has 0 saturated carbocycles. The average molecular weight is 432 g/mol. The molecular formula is C24H34ClN3O2+2. The van der Waals surface area contributed by atoms with Crippen molar-refractivity contribution in [3.05, 3.63) is 58.1 Å². The van der Waals surface area contributed by atoms with Gasteiger partial charge < -0.3 is 19.9 Å². The van der Waals surface area contributed by atoms with Crippen LogP contribution in [0, 0.1) is 20.8 Å². The zero-order valence-electron chi connectivity index (χ0n) is 18.5. The third kappa shape index (κ3) is 5.97. The summed E-state index contributed by atoms with van der Waals surface area (Å²) in [5.41, 5.74) is 4.43. The maximum atomic E-state index is 12.9. The van der Waals surface area contributed by atoms with Gasteiger partial charge in [-0.3, -0.25) is 4.79 Å². The second-order valence-corrected chi connectivity index (χ2v) is 8.88. The summed E-state index contributed by atoms with van der Waals surface area (Å²) in [7, 11) is 0. The van der Waals surface area contributed by atoms with Crippen LogP contribution >= 0.6 is 11.6 Å². The molecule has 1 amide bonds. The van der Waals surface area contributed by atoms with E-state index < -0.39 is 0 Å².